The van der Waals surface area contributed by atoms with Crippen molar-refractivity contribution in [1.29, 1.82) is 0 Å². The molecule has 0 amide bonds. The van der Waals surface area contributed by atoms with E-state index in [1.165, 1.54) is 25.7 Å². The molecule has 6 nitrogen and oxygen atoms in total. The van der Waals surface area contributed by atoms with Crippen molar-refractivity contribution in [2.45, 2.75) is 43.9 Å². The summed E-state index contributed by atoms with van der Waals surface area (Å²) in [5, 5.41) is 10.1. The lowest BCUT2D eigenvalue weighted by atomic mass is 9.99. The molecule has 152 valence electrons. The fraction of sp³-hybridized carbons (Fsp3) is 0.714. The molecular formula is C21H34N2O4. The van der Waals surface area contributed by atoms with Crippen LogP contribution in [0, 0.1) is 0 Å². The molecule has 1 spiro atoms. The van der Waals surface area contributed by atoms with Crippen molar-refractivity contribution in [1.82, 2.24) is 9.80 Å². The number of hydrogen-bond donors (Lipinski definition) is 1. The minimum atomic E-state index is -0.514. The van der Waals surface area contributed by atoms with E-state index in [2.05, 4.69) is 4.90 Å². The van der Waals surface area contributed by atoms with E-state index in [1.807, 2.05) is 37.2 Å². The molecule has 1 aromatic rings. The van der Waals surface area contributed by atoms with Gasteiger partial charge in [-0.3, -0.25) is 4.90 Å². The van der Waals surface area contributed by atoms with Crippen molar-refractivity contribution < 1.29 is 19.3 Å². The molecule has 2 fully saturated rings. The highest BCUT2D eigenvalue weighted by Crippen LogP contribution is 2.37. The Morgan fingerprint density at radius 3 is 2.78 bits per heavy atom. The quantitative estimate of drug-likeness (QED) is 0.748. The molecule has 1 heterocycles. The van der Waals surface area contributed by atoms with Gasteiger partial charge >= 0.3 is 0 Å². The normalized spacial score (nSPS) is 20.9. The van der Waals surface area contributed by atoms with Gasteiger partial charge in [-0.15, -0.1) is 0 Å². The standard InChI is InChI=1S/C21H34N2O4/c1-22(2)14-18(24)15-26-20-7-6-19(25-3)12-17(20)13-23-10-11-27-21(16-23)8-4-5-9-21/h6-7,12,18,24H,4-5,8-11,13-16H2,1-3H3. The zero-order valence-electron chi connectivity index (χ0n) is 16.9. The first-order valence-corrected chi connectivity index (χ1v) is 9.98. The highest BCUT2D eigenvalue weighted by Gasteiger charge is 2.39. The lowest BCUT2D eigenvalue weighted by Crippen LogP contribution is -2.49. The molecule has 1 unspecified atom stereocenters. The molecule has 1 aromatic carbocycles. The minimum absolute atomic E-state index is 0.0556. The molecule has 6 heteroatoms. The molecule has 1 aliphatic heterocycles. The van der Waals surface area contributed by atoms with Gasteiger partial charge in [-0.25, -0.2) is 0 Å². The Kier molecular flexibility index (Phi) is 6.98. The van der Waals surface area contributed by atoms with Gasteiger partial charge in [-0.1, -0.05) is 12.8 Å². The molecule has 2 aliphatic rings. The molecule has 0 aromatic heterocycles. The summed E-state index contributed by atoms with van der Waals surface area (Å²) < 4.78 is 17.5. The summed E-state index contributed by atoms with van der Waals surface area (Å²) in [5.41, 5.74) is 1.15. The van der Waals surface area contributed by atoms with E-state index < -0.39 is 6.10 Å². The van der Waals surface area contributed by atoms with Gasteiger partial charge in [0.25, 0.3) is 0 Å². The van der Waals surface area contributed by atoms with Crippen LogP contribution in [0.5, 0.6) is 11.5 Å². The average Bonchev–Trinajstić information content (AvgIpc) is 3.07. The van der Waals surface area contributed by atoms with Crippen LogP contribution in [0.15, 0.2) is 18.2 Å². The number of hydrogen-bond acceptors (Lipinski definition) is 6. The molecule has 1 N–H and O–H groups in total. The van der Waals surface area contributed by atoms with E-state index in [1.54, 1.807) is 7.11 Å². The van der Waals surface area contributed by atoms with Crippen LogP contribution in [-0.4, -0.2) is 80.7 Å². The van der Waals surface area contributed by atoms with Crippen LogP contribution in [0.4, 0.5) is 0 Å². The Hall–Kier alpha value is -1.34. The molecule has 1 atom stereocenters. The maximum atomic E-state index is 10.1. The lowest BCUT2D eigenvalue weighted by Gasteiger charge is -2.40. The van der Waals surface area contributed by atoms with Crippen LogP contribution in [0.3, 0.4) is 0 Å². The monoisotopic (exact) mass is 378 g/mol. The zero-order valence-corrected chi connectivity index (χ0v) is 16.9. The predicted molar refractivity (Wildman–Crippen MR) is 105 cm³/mol. The summed E-state index contributed by atoms with van der Waals surface area (Å²) in [6.45, 7) is 4.37. The number of nitrogens with zero attached hydrogens (tertiary/aromatic N) is 2. The number of benzene rings is 1. The van der Waals surface area contributed by atoms with Crippen molar-refractivity contribution in [2.75, 3.05) is 54.1 Å². The van der Waals surface area contributed by atoms with Gasteiger partial charge in [0.1, 0.15) is 24.2 Å². The molecule has 3 rings (SSSR count). The van der Waals surface area contributed by atoms with E-state index in [4.69, 9.17) is 14.2 Å². The van der Waals surface area contributed by atoms with E-state index in [-0.39, 0.29) is 12.2 Å². The highest BCUT2D eigenvalue weighted by molar-refractivity contribution is 5.40. The maximum Gasteiger partial charge on any atom is 0.124 e. The Morgan fingerprint density at radius 1 is 1.30 bits per heavy atom. The fourth-order valence-electron chi connectivity index (χ4n) is 4.23. The molecule has 1 aliphatic carbocycles. The molecule has 1 saturated heterocycles. The third-order valence-corrected chi connectivity index (χ3v) is 5.51. The third-order valence-electron chi connectivity index (χ3n) is 5.51. The highest BCUT2D eigenvalue weighted by atomic mass is 16.5. The number of ether oxygens (including phenoxy) is 3. The second-order valence-corrected chi connectivity index (χ2v) is 8.15. The zero-order chi connectivity index (χ0) is 19.3. The molecular weight excluding hydrogens is 344 g/mol. The van der Waals surface area contributed by atoms with E-state index in [9.17, 15) is 5.11 Å². The first kappa shape index (κ1) is 20.4. The van der Waals surface area contributed by atoms with E-state index >= 15 is 0 Å². The van der Waals surface area contributed by atoms with Crippen molar-refractivity contribution in [3.63, 3.8) is 0 Å². The summed E-state index contributed by atoms with van der Waals surface area (Å²) >= 11 is 0. The van der Waals surface area contributed by atoms with Crippen molar-refractivity contribution in [2.24, 2.45) is 0 Å². The Morgan fingerprint density at radius 2 is 2.07 bits per heavy atom. The summed E-state index contributed by atoms with van der Waals surface area (Å²) in [7, 11) is 5.57. The number of rotatable bonds is 8. The van der Waals surface area contributed by atoms with E-state index in [0.717, 1.165) is 43.3 Å². The molecule has 1 saturated carbocycles. The van der Waals surface area contributed by atoms with Crippen LogP contribution >= 0.6 is 0 Å². The van der Waals surface area contributed by atoms with Crippen LogP contribution < -0.4 is 9.47 Å². The van der Waals surface area contributed by atoms with Gasteiger partial charge in [0.15, 0.2) is 0 Å². The average molecular weight is 379 g/mol. The van der Waals surface area contributed by atoms with Crippen LogP contribution in [0.1, 0.15) is 31.2 Å². The second-order valence-electron chi connectivity index (χ2n) is 8.15. The van der Waals surface area contributed by atoms with Crippen molar-refractivity contribution in [3.05, 3.63) is 23.8 Å². The van der Waals surface area contributed by atoms with Crippen molar-refractivity contribution >= 4 is 0 Å². The van der Waals surface area contributed by atoms with E-state index in [0.29, 0.717) is 6.54 Å². The Bertz CT molecular complexity index is 602. The fourth-order valence-corrected chi connectivity index (χ4v) is 4.23. The predicted octanol–water partition coefficient (Wildman–Crippen LogP) is 2.14. The number of aliphatic hydroxyl groups is 1. The lowest BCUT2D eigenvalue weighted by molar-refractivity contribution is -0.107. The number of likely N-dealkylation sites (N-methyl/N-ethyl adjacent to an activating group) is 1. The first-order valence-electron chi connectivity index (χ1n) is 9.98. The Labute approximate surface area is 163 Å². The van der Waals surface area contributed by atoms with Gasteiger partial charge in [-0.2, -0.15) is 0 Å². The van der Waals surface area contributed by atoms with Gasteiger partial charge in [-0.05, 0) is 45.1 Å². The van der Waals surface area contributed by atoms with Gasteiger partial charge < -0.3 is 24.2 Å². The molecule has 27 heavy (non-hydrogen) atoms. The van der Waals surface area contributed by atoms with Gasteiger partial charge in [0.2, 0.25) is 0 Å². The number of methoxy groups -OCH3 is 1. The summed E-state index contributed by atoms with van der Waals surface area (Å²) in [6, 6.07) is 5.90. The first-order chi connectivity index (χ1) is 13.0. The van der Waals surface area contributed by atoms with Gasteiger partial charge in [0.05, 0.1) is 19.3 Å². The van der Waals surface area contributed by atoms with Crippen LogP contribution in [-0.2, 0) is 11.3 Å². The topological polar surface area (TPSA) is 54.4 Å². The number of morpholine rings is 1. The molecule has 0 radical (unpaired) electrons. The second kappa shape index (κ2) is 9.24. The largest absolute Gasteiger partial charge is 0.497 e. The third kappa shape index (κ3) is 5.57. The summed E-state index contributed by atoms with van der Waals surface area (Å²) in [4.78, 5) is 4.42. The van der Waals surface area contributed by atoms with Gasteiger partial charge in [0, 0.05) is 31.7 Å². The SMILES string of the molecule is COc1ccc(OCC(O)CN(C)C)c(CN2CCOC3(CCCC3)C2)c1. The maximum absolute atomic E-state index is 10.1. The van der Waals surface area contributed by atoms with Crippen molar-refractivity contribution in [3.8, 4) is 11.5 Å². The van der Waals surface area contributed by atoms with Crippen LogP contribution in [0.25, 0.3) is 0 Å². The summed E-state index contributed by atoms with van der Waals surface area (Å²) in [6.07, 6.45) is 4.36. The molecule has 0 bridgehead atoms. The Balaban J connectivity index is 1.67. The van der Waals surface area contributed by atoms with Crippen LogP contribution in [0.2, 0.25) is 0 Å². The summed E-state index contributed by atoms with van der Waals surface area (Å²) in [5.74, 6) is 1.65. The minimum Gasteiger partial charge on any atom is -0.497 e. The smallest absolute Gasteiger partial charge is 0.124 e. The number of aliphatic hydroxyl groups excluding tert-OH is 1.